The van der Waals surface area contributed by atoms with Crippen LogP contribution in [0.25, 0.3) is 11.3 Å². The van der Waals surface area contributed by atoms with Gasteiger partial charge >= 0.3 is 6.18 Å². The minimum atomic E-state index is -4.47. The van der Waals surface area contributed by atoms with Crippen molar-refractivity contribution >= 4 is 5.91 Å². The predicted molar refractivity (Wildman–Crippen MR) is 99.8 cm³/mol. The number of hydrogen-bond acceptors (Lipinski definition) is 3. The van der Waals surface area contributed by atoms with Gasteiger partial charge in [-0.1, -0.05) is 18.2 Å². The van der Waals surface area contributed by atoms with Crippen LogP contribution >= 0.6 is 0 Å². The molecule has 2 heterocycles. The third kappa shape index (κ3) is 3.68. The van der Waals surface area contributed by atoms with Gasteiger partial charge in [0.15, 0.2) is 0 Å². The molecule has 1 amide bonds. The molecule has 0 unspecified atom stereocenters. The molecule has 5 nitrogen and oxygen atoms in total. The fraction of sp³-hybridized carbons (Fsp3) is 0.238. The molecule has 2 N–H and O–H groups in total. The highest BCUT2D eigenvalue weighted by atomic mass is 19.4. The van der Waals surface area contributed by atoms with E-state index in [0.717, 1.165) is 23.9 Å². The number of H-pyrrole nitrogens is 1. The first-order chi connectivity index (χ1) is 14.3. The number of carbonyl (C=O) groups excluding carboxylic acids is 1. The quantitative estimate of drug-likeness (QED) is 0.633. The number of carbonyl (C=O) groups is 1. The number of aromatic amines is 1. The van der Waals surface area contributed by atoms with Crippen LogP contribution in [0.5, 0.6) is 0 Å². The fourth-order valence-electron chi connectivity index (χ4n) is 3.54. The van der Waals surface area contributed by atoms with Crippen molar-refractivity contribution in [2.75, 3.05) is 6.54 Å². The standard InChI is InChI=1S/C21H17F4N3O2/c22-17-9-13(4-5-14(17)11-29)20(30)28-7-6-18-16(10-28)19(27-26-18)12-2-1-3-15(8-12)21(23,24)25/h1-5,8-9,29H,6-7,10-11H2,(H,26,27). The van der Waals surface area contributed by atoms with E-state index in [1.807, 2.05) is 0 Å². The maximum atomic E-state index is 13.9. The van der Waals surface area contributed by atoms with E-state index in [9.17, 15) is 22.4 Å². The number of nitrogens with zero attached hydrogens (tertiary/aromatic N) is 2. The lowest BCUT2D eigenvalue weighted by molar-refractivity contribution is -0.137. The Morgan fingerprint density at radius 3 is 2.70 bits per heavy atom. The van der Waals surface area contributed by atoms with E-state index < -0.39 is 30.1 Å². The predicted octanol–water partition coefficient (Wildman–Crippen LogP) is 3.93. The minimum absolute atomic E-state index is 0.0918. The third-order valence-electron chi connectivity index (χ3n) is 5.15. The van der Waals surface area contributed by atoms with E-state index in [-0.39, 0.29) is 17.7 Å². The first-order valence-electron chi connectivity index (χ1n) is 9.20. The van der Waals surface area contributed by atoms with E-state index in [1.54, 1.807) is 0 Å². The Labute approximate surface area is 169 Å². The lowest BCUT2D eigenvalue weighted by Crippen LogP contribution is -2.36. The van der Waals surface area contributed by atoms with Crippen LogP contribution < -0.4 is 0 Å². The van der Waals surface area contributed by atoms with Crippen molar-refractivity contribution in [2.45, 2.75) is 25.7 Å². The van der Waals surface area contributed by atoms with Gasteiger partial charge in [0.25, 0.3) is 5.91 Å². The van der Waals surface area contributed by atoms with Crippen molar-refractivity contribution in [3.8, 4) is 11.3 Å². The molecule has 156 valence electrons. The second-order valence-electron chi connectivity index (χ2n) is 7.05. The van der Waals surface area contributed by atoms with E-state index in [2.05, 4.69) is 10.2 Å². The molecule has 0 atom stereocenters. The minimum Gasteiger partial charge on any atom is -0.392 e. The number of fused-ring (bicyclic) bond motifs is 1. The van der Waals surface area contributed by atoms with E-state index >= 15 is 0 Å². The number of aliphatic hydroxyl groups is 1. The summed E-state index contributed by atoms with van der Waals surface area (Å²) in [5, 5.41) is 16.1. The molecule has 1 aliphatic rings. The summed E-state index contributed by atoms with van der Waals surface area (Å²) in [5.74, 6) is -1.07. The zero-order valence-corrected chi connectivity index (χ0v) is 15.6. The summed E-state index contributed by atoms with van der Waals surface area (Å²) in [6.07, 6.45) is -4.02. The molecule has 0 saturated carbocycles. The SMILES string of the molecule is O=C(c1ccc(CO)c(F)c1)N1CCc2[nH]nc(-c3cccc(C(F)(F)F)c3)c2C1. The summed E-state index contributed by atoms with van der Waals surface area (Å²) in [6, 6.07) is 8.74. The summed E-state index contributed by atoms with van der Waals surface area (Å²) in [5.41, 5.74) is 1.51. The van der Waals surface area contributed by atoms with Crippen LogP contribution in [0.15, 0.2) is 42.5 Å². The van der Waals surface area contributed by atoms with Crippen LogP contribution in [0, 0.1) is 5.82 Å². The van der Waals surface area contributed by atoms with Gasteiger partial charge < -0.3 is 10.0 Å². The van der Waals surface area contributed by atoms with Crippen molar-refractivity contribution in [3.05, 3.63) is 76.2 Å². The van der Waals surface area contributed by atoms with Crippen molar-refractivity contribution in [1.82, 2.24) is 15.1 Å². The van der Waals surface area contributed by atoms with Gasteiger partial charge in [-0.15, -0.1) is 0 Å². The van der Waals surface area contributed by atoms with Crippen LogP contribution in [-0.4, -0.2) is 32.7 Å². The molecule has 0 saturated heterocycles. The maximum absolute atomic E-state index is 13.9. The third-order valence-corrected chi connectivity index (χ3v) is 5.15. The summed E-state index contributed by atoms with van der Waals surface area (Å²) in [4.78, 5) is 14.3. The maximum Gasteiger partial charge on any atom is 0.416 e. The van der Waals surface area contributed by atoms with Crippen molar-refractivity contribution in [1.29, 1.82) is 0 Å². The molecule has 0 bridgehead atoms. The summed E-state index contributed by atoms with van der Waals surface area (Å²) < 4.78 is 53.1. The van der Waals surface area contributed by atoms with Gasteiger partial charge in [-0.2, -0.15) is 18.3 Å². The molecule has 4 rings (SSSR count). The molecule has 1 aliphatic heterocycles. The number of aromatic nitrogens is 2. The largest absolute Gasteiger partial charge is 0.416 e. The highest BCUT2D eigenvalue weighted by molar-refractivity contribution is 5.94. The number of halogens is 4. The number of amides is 1. The lowest BCUT2D eigenvalue weighted by atomic mass is 9.99. The summed E-state index contributed by atoms with van der Waals surface area (Å²) in [6.45, 7) is 0.0296. The van der Waals surface area contributed by atoms with E-state index in [0.29, 0.717) is 29.8 Å². The Morgan fingerprint density at radius 1 is 1.20 bits per heavy atom. The number of hydrogen-bond donors (Lipinski definition) is 2. The molecule has 3 aromatic rings. The average Bonchev–Trinajstić information content (AvgIpc) is 3.16. The Kier molecular flexibility index (Phi) is 5.07. The van der Waals surface area contributed by atoms with Crippen molar-refractivity contribution in [3.63, 3.8) is 0 Å². The summed E-state index contributed by atoms with van der Waals surface area (Å²) in [7, 11) is 0. The molecule has 30 heavy (non-hydrogen) atoms. The van der Waals surface area contributed by atoms with Crippen LogP contribution in [0.3, 0.4) is 0 Å². The Balaban J connectivity index is 1.63. The average molecular weight is 419 g/mol. The van der Waals surface area contributed by atoms with Gasteiger partial charge in [-0.3, -0.25) is 9.89 Å². The first-order valence-corrected chi connectivity index (χ1v) is 9.20. The van der Waals surface area contributed by atoms with E-state index in [4.69, 9.17) is 5.11 Å². The number of benzene rings is 2. The van der Waals surface area contributed by atoms with Crippen molar-refractivity contribution < 1.29 is 27.5 Å². The first kappa shape index (κ1) is 20.1. The summed E-state index contributed by atoms with van der Waals surface area (Å²) >= 11 is 0. The number of rotatable bonds is 3. The Hall–Kier alpha value is -3.20. The molecule has 9 heteroatoms. The normalized spacial score (nSPS) is 14.0. The zero-order chi connectivity index (χ0) is 21.5. The van der Waals surface area contributed by atoms with Crippen LogP contribution in [0.1, 0.15) is 32.7 Å². The van der Waals surface area contributed by atoms with Gasteiger partial charge in [0.2, 0.25) is 0 Å². The molecular weight excluding hydrogens is 402 g/mol. The van der Waals surface area contributed by atoms with Crippen LogP contribution in [0.2, 0.25) is 0 Å². The highest BCUT2D eigenvalue weighted by Crippen LogP contribution is 2.34. The second kappa shape index (κ2) is 7.56. The molecule has 0 aliphatic carbocycles. The Morgan fingerprint density at radius 2 is 2.00 bits per heavy atom. The Bertz CT molecular complexity index is 1110. The molecule has 1 aromatic heterocycles. The lowest BCUT2D eigenvalue weighted by Gasteiger charge is -2.27. The highest BCUT2D eigenvalue weighted by Gasteiger charge is 2.32. The molecule has 0 spiro atoms. The molecule has 0 radical (unpaired) electrons. The molecular formula is C21H17F4N3O2. The van der Waals surface area contributed by atoms with Gasteiger partial charge in [0, 0.05) is 47.5 Å². The molecule has 2 aromatic carbocycles. The van der Waals surface area contributed by atoms with Gasteiger partial charge in [-0.25, -0.2) is 4.39 Å². The number of nitrogens with one attached hydrogen (secondary N) is 1. The second-order valence-corrected chi connectivity index (χ2v) is 7.05. The molecule has 0 fully saturated rings. The van der Waals surface area contributed by atoms with Gasteiger partial charge in [0.1, 0.15) is 5.82 Å². The van der Waals surface area contributed by atoms with E-state index in [1.165, 1.54) is 29.2 Å². The van der Waals surface area contributed by atoms with Crippen LogP contribution in [-0.2, 0) is 25.7 Å². The van der Waals surface area contributed by atoms with Crippen molar-refractivity contribution in [2.24, 2.45) is 0 Å². The van der Waals surface area contributed by atoms with Gasteiger partial charge in [0.05, 0.1) is 17.9 Å². The topological polar surface area (TPSA) is 69.2 Å². The fourth-order valence-corrected chi connectivity index (χ4v) is 3.54. The number of aliphatic hydroxyl groups excluding tert-OH is 1. The van der Waals surface area contributed by atoms with Crippen LogP contribution in [0.4, 0.5) is 17.6 Å². The monoisotopic (exact) mass is 419 g/mol. The number of alkyl halides is 3. The zero-order valence-electron chi connectivity index (χ0n) is 15.6. The smallest absolute Gasteiger partial charge is 0.392 e. The van der Waals surface area contributed by atoms with Gasteiger partial charge in [-0.05, 0) is 24.3 Å².